The average molecular weight is 480 g/mol. The summed E-state index contributed by atoms with van der Waals surface area (Å²) in [6.45, 7) is 4.38. The molecule has 6 nitrogen and oxygen atoms in total. The zero-order chi connectivity index (χ0) is 25.5. The van der Waals surface area contributed by atoms with E-state index in [4.69, 9.17) is 4.74 Å². The van der Waals surface area contributed by atoms with E-state index in [1.807, 2.05) is 68.4 Å². The Hall–Kier alpha value is -4.45. The molecule has 0 unspecified atom stereocenters. The van der Waals surface area contributed by atoms with E-state index < -0.39 is 6.09 Å². The Kier molecular flexibility index (Phi) is 7.75. The van der Waals surface area contributed by atoms with Gasteiger partial charge in [0, 0.05) is 37.6 Å². The van der Waals surface area contributed by atoms with Gasteiger partial charge in [-0.2, -0.15) is 0 Å². The second kappa shape index (κ2) is 11.3. The minimum absolute atomic E-state index is 0.0415. The van der Waals surface area contributed by atoms with Crippen molar-refractivity contribution in [1.82, 2.24) is 15.2 Å². The molecule has 3 aromatic carbocycles. The van der Waals surface area contributed by atoms with Gasteiger partial charge < -0.3 is 15.0 Å². The largest absolute Gasteiger partial charge is 0.415 e. The molecule has 4 aromatic rings. The molecule has 1 heterocycles. The highest BCUT2D eigenvalue weighted by atomic mass is 16.6. The van der Waals surface area contributed by atoms with Gasteiger partial charge in [0.05, 0.1) is 0 Å². The van der Waals surface area contributed by atoms with E-state index in [1.165, 1.54) is 0 Å². The molecule has 182 valence electrons. The summed E-state index contributed by atoms with van der Waals surface area (Å²) < 4.78 is 5.71. The molecule has 0 bridgehead atoms. The summed E-state index contributed by atoms with van der Waals surface area (Å²) in [5.41, 5.74) is 5.71. The zero-order valence-electron chi connectivity index (χ0n) is 20.6. The number of hydrogen-bond acceptors (Lipinski definition) is 4. The summed E-state index contributed by atoms with van der Waals surface area (Å²) >= 11 is 0. The fourth-order valence-electron chi connectivity index (χ4n) is 3.88. The minimum Gasteiger partial charge on any atom is -0.410 e. The van der Waals surface area contributed by atoms with E-state index in [0.717, 1.165) is 27.8 Å². The summed E-state index contributed by atoms with van der Waals surface area (Å²) in [5.74, 6) is 0.351. The van der Waals surface area contributed by atoms with Gasteiger partial charge in [-0.05, 0) is 84.1 Å². The molecule has 1 N–H and O–H groups in total. The molecule has 0 aliphatic heterocycles. The van der Waals surface area contributed by atoms with Crippen LogP contribution in [0.25, 0.3) is 22.3 Å². The van der Waals surface area contributed by atoms with Gasteiger partial charge in [-0.1, -0.05) is 42.5 Å². The van der Waals surface area contributed by atoms with Crippen molar-refractivity contribution in [2.45, 2.75) is 26.4 Å². The van der Waals surface area contributed by atoms with E-state index in [9.17, 15) is 9.59 Å². The molecule has 0 saturated heterocycles. The minimum atomic E-state index is -0.401. The van der Waals surface area contributed by atoms with Gasteiger partial charge in [-0.25, -0.2) is 4.79 Å². The van der Waals surface area contributed by atoms with Crippen molar-refractivity contribution in [2.24, 2.45) is 0 Å². The molecule has 4 rings (SSSR count). The first-order chi connectivity index (χ1) is 17.4. The maximum Gasteiger partial charge on any atom is 0.415 e. The Morgan fingerprint density at radius 3 is 2.06 bits per heavy atom. The monoisotopic (exact) mass is 479 g/mol. The SMILES string of the molecule is CNC(=O)c1ccc(-c2ccc(OC(=O)N(Cc3cccc(-c4ccncc4)c3)C(C)C)cc2)cc1. The van der Waals surface area contributed by atoms with Gasteiger partial charge in [0.2, 0.25) is 0 Å². The maximum atomic E-state index is 13.1. The molecule has 0 spiro atoms. The van der Waals surface area contributed by atoms with Crippen molar-refractivity contribution in [1.29, 1.82) is 0 Å². The molecule has 1 aromatic heterocycles. The lowest BCUT2D eigenvalue weighted by molar-refractivity contribution is 0.0963. The Balaban J connectivity index is 1.44. The number of carbonyl (C=O) groups excluding carboxylic acids is 2. The molecular weight excluding hydrogens is 450 g/mol. The van der Waals surface area contributed by atoms with Gasteiger partial charge in [0.25, 0.3) is 5.91 Å². The van der Waals surface area contributed by atoms with Crippen LogP contribution in [0.1, 0.15) is 29.8 Å². The van der Waals surface area contributed by atoms with E-state index in [0.29, 0.717) is 17.9 Å². The van der Waals surface area contributed by atoms with Crippen molar-refractivity contribution in [3.8, 4) is 28.0 Å². The molecule has 36 heavy (non-hydrogen) atoms. The number of ether oxygens (including phenoxy) is 1. The molecule has 0 saturated carbocycles. The van der Waals surface area contributed by atoms with Crippen LogP contribution in [-0.4, -0.2) is 35.0 Å². The summed E-state index contributed by atoms with van der Waals surface area (Å²) in [4.78, 5) is 30.6. The van der Waals surface area contributed by atoms with Crippen LogP contribution < -0.4 is 10.1 Å². The lowest BCUT2D eigenvalue weighted by Crippen LogP contribution is -2.38. The lowest BCUT2D eigenvalue weighted by atomic mass is 10.0. The Labute approximate surface area is 211 Å². The number of nitrogens with one attached hydrogen (secondary N) is 1. The van der Waals surface area contributed by atoms with Crippen LogP contribution in [0.15, 0.2) is 97.3 Å². The van der Waals surface area contributed by atoms with Crippen LogP contribution in [0.2, 0.25) is 0 Å². The molecule has 0 aliphatic carbocycles. The smallest absolute Gasteiger partial charge is 0.410 e. The van der Waals surface area contributed by atoms with Crippen LogP contribution in [0, 0.1) is 0 Å². The fraction of sp³-hybridized carbons (Fsp3) is 0.167. The quantitative estimate of drug-likeness (QED) is 0.343. The third-order valence-corrected chi connectivity index (χ3v) is 5.92. The Morgan fingerprint density at radius 2 is 1.44 bits per heavy atom. The Bertz CT molecular complexity index is 1320. The summed E-state index contributed by atoms with van der Waals surface area (Å²) in [6, 6.07) is 26.7. The number of amides is 2. The number of nitrogens with zero attached hydrogens (tertiary/aromatic N) is 2. The fourth-order valence-corrected chi connectivity index (χ4v) is 3.88. The van der Waals surface area contributed by atoms with Crippen LogP contribution in [0.4, 0.5) is 4.79 Å². The third kappa shape index (κ3) is 5.96. The first kappa shape index (κ1) is 24.7. The molecule has 6 heteroatoms. The van der Waals surface area contributed by atoms with Crippen LogP contribution in [0.5, 0.6) is 5.75 Å². The number of pyridine rings is 1. The van der Waals surface area contributed by atoms with Gasteiger partial charge >= 0.3 is 6.09 Å². The average Bonchev–Trinajstić information content (AvgIpc) is 2.92. The topological polar surface area (TPSA) is 71.5 Å². The predicted molar refractivity (Wildman–Crippen MR) is 142 cm³/mol. The first-order valence-electron chi connectivity index (χ1n) is 11.8. The molecular formula is C30H29N3O3. The summed E-state index contributed by atoms with van der Waals surface area (Å²) in [5, 5.41) is 2.61. The highest BCUT2D eigenvalue weighted by Crippen LogP contribution is 2.25. The highest BCUT2D eigenvalue weighted by molar-refractivity contribution is 5.94. The second-order valence-corrected chi connectivity index (χ2v) is 8.71. The first-order valence-corrected chi connectivity index (χ1v) is 11.8. The standard InChI is InChI=1S/C30H29N3O3/c1-21(2)33(20-22-5-4-6-27(19-22)25-15-17-32-18-16-25)30(35)36-28-13-11-24(12-14-28)23-7-9-26(10-8-23)29(34)31-3/h4-19,21H,20H2,1-3H3,(H,31,34). The molecule has 0 atom stereocenters. The Morgan fingerprint density at radius 1 is 0.833 bits per heavy atom. The van der Waals surface area contributed by atoms with Crippen LogP contribution >= 0.6 is 0 Å². The number of carbonyl (C=O) groups is 2. The molecule has 0 aliphatic rings. The van der Waals surface area contributed by atoms with Crippen molar-refractivity contribution >= 4 is 12.0 Å². The third-order valence-electron chi connectivity index (χ3n) is 5.92. The van der Waals surface area contributed by atoms with Gasteiger partial charge in [0.1, 0.15) is 5.75 Å². The van der Waals surface area contributed by atoms with Crippen LogP contribution in [-0.2, 0) is 6.54 Å². The summed E-state index contributed by atoms with van der Waals surface area (Å²) in [6.07, 6.45) is 3.14. The van der Waals surface area contributed by atoms with Crippen molar-refractivity contribution < 1.29 is 14.3 Å². The zero-order valence-corrected chi connectivity index (χ0v) is 20.6. The van der Waals surface area contributed by atoms with E-state index in [1.54, 1.807) is 48.6 Å². The van der Waals surface area contributed by atoms with Gasteiger partial charge in [-0.15, -0.1) is 0 Å². The predicted octanol–water partition coefficient (Wildman–Crippen LogP) is 6.18. The second-order valence-electron chi connectivity index (χ2n) is 8.71. The van der Waals surface area contributed by atoms with Crippen molar-refractivity contribution in [2.75, 3.05) is 7.05 Å². The molecule has 0 fully saturated rings. The normalized spacial score (nSPS) is 10.7. The van der Waals surface area contributed by atoms with E-state index in [2.05, 4.69) is 16.4 Å². The lowest BCUT2D eigenvalue weighted by Gasteiger charge is -2.26. The highest BCUT2D eigenvalue weighted by Gasteiger charge is 2.20. The van der Waals surface area contributed by atoms with Crippen molar-refractivity contribution in [3.63, 3.8) is 0 Å². The van der Waals surface area contributed by atoms with Gasteiger partial charge in [0.15, 0.2) is 0 Å². The molecule has 0 radical (unpaired) electrons. The number of rotatable bonds is 7. The molecule has 2 amide bonds. The van der Waals surface area contributed by atoms with Crippen molar-refractivity contribution in [3.05, 3.63) is 108 Å². The van der Waals surface area contributed by atoms with E-state index >= 15 is 0 Å². The number of hydrogen-bond donors (Lipinski definition) is 1. The number of aromatic nitrogens is 1. The van der Waals surface area contributed by atoms with Crippen LogP contribution in [0.3, 0.4) is 0 Å². The summed E-state index contributed by atoms with van der Waals surface area (Å²) in [7, 11) is 1.61. The van der Waals surface area contributed by atoms with E-state index in [-0.39, 0.29) is 11.9 Å². The van der Waals surface area contributed by atoms with Gasteiger partial charge in [-0.3, -0.25) is 9.78 Å². The number of benzene rings is 3. The maximum absolute atomic E-state index is 13.1.